The van der Waals surface area contributed by atoms with Crippen LogP contribution < -0.4 is 0 Å². The molecule has 10 nitrogen and oxygen atoms in total. The third-order valence-corrected chi connectivity index (χ3v) is 8.75. The quantitative estimate of drug-likeness (QED) is 0.261. The van der Waals surface area contributed by atoms with E-state index in [4.69, 9.17) is 23.7 Å². The summed E-state index contributed by atoms with van der Waals surface area (Å²) in [5.74, 6) is -3.47. The zero-order valence-corrected chi connectivity index (χ0v) is 21.9. The number of rotatable bonds is 3. The Bertz CT molecular complexity index is 1000. The molecule has 200 valence electrons. The van der Waals surface area contributed by atoms with Gasteiger partial charge in [-0.25, -0.2) is 4.79 Å². The lowest BCUT2D eigenvalue weighted by Gasteiger charge is -2.56. The number of allylic oxidation sites excluding steroid dienone is 1. The van der Waals surface area contributed by atoms with Crippen LogP contribution in [-0.2, 0) is 42.9 Å². The van der Waals surface area contributed by atoms with Crippen LogP contribution in [0.25, 0.3) is 0 Å². The molecule has 0 aromatic carbocycles. The molecule has 1 N–H and O–H groups in total. The standard InChI is InChI=1S/C26H36O10/c1-12-8-9-18(32-14(3)27)24(6)19(33-15(4)28)11-17(30)13(2)21(24)22(34-16(5)29)26-20(10-12)35-23(31)25(26,7)36-26/h10,13,17-22,30H,8-9,11H2,1-7H3/b12-10-/t13-,17+,18+,19-,20-,21+,22+,24-,25-,26-/m0/s1. The fourth-order valence-electron chi connectivity index (χ4n) is 6.92. The van der Waals surface area contributed by atoms with Gasteiger partial charge in [-0.15, -0.1) is 0 Å². The lowest BCUT2D eigenvalue weighted by atomic mass is 9.53. The van der Waals surface area contributed by atoms with Crippen molar-refractivity contribution in [2.45, 2.75) is 109 Å². The van der Waals surface area contributed by atoms with Gasteiger partial charge >= 0.3 is 23.9 Å². The first kappa shape index (κ1) is 26.6. The molecule has 0 amide bonds. The number of carbonyl (C=O) groups excluding carboxylic acids is 4. The Labute approximate surface area is 210 Å². The average molecular weight is 509 g/mol. The Balaban J connectivity index is 1.99. The lowest BCUT2D eigenvalue weighted by Crippen LogP contribution is -2.66. The first-order valence-electron chi connectivity index (χ1n) is 12.5. The van der Waals surface area contributed by atoms with Gasteiger partial charge in [0.25, 0.3) is 0 Å². The predicted molar refractivity (Wildman–Crippen MR) is 123 cm³/mol. The summed E-state index contributed by atoms with van der Waals surface area (Å²) < 4.78 is 29.5. The van der Waals surface area contributed by atoms with Crippen LogP contribution in [0.3, 0.4) is 0 Å². The number of ether oxygens (including phenoxy) is 5. The highest BCUT2D eigenvalue weighted by Crippen LogP contribution is 2.65. The molecule has 0 radical (unpaired) electrons. The molecule has 36 heavy (non-hydrogen) atoms. The third-order valence-electron chi connectivity index (χ3n) is 8.75. The molecule has 10 heteroatoms. The zero-order chi connectivity index (χ0) is 26.8. The van der Waals surface area contributed by atoms with Gasteiger partial charge in [-0.05, 0) is 38.7 Å². The fraction of sp³-hybridized carbons (Fsp3) is 0.769. The van der Waals surface area contributed by atoms with Gasteiger partial charge in [0.15, 0.2) is 17.3 Å². The van der Waals surface area contributed by atoms with Gasteiger partial charge in [0.2, 0.25) is 0 Å². The van der Waals surface area contributed by atoms with Crippen molar-refractivity contribution in [1.82, 2.24) is 0 Å². The van der Waals surface area contributed by atoms with Crippen LogP contribution in [0.4, 0.5) is 0 Å². The van der Waals surface area contributed by atoms with Crippen molar-refractivity contribution >= 4 is 23.9 Å². The summed E-state index contributed by atoms with van der Waals surface area (Å²) in [6.45, 7) is 11.0. The fourth-order valence-corrected chi connectivity index (χ4v) is 6.92. The molecule has 2 saturated heterocycles. The van der Waals surface area contributed by atoms with Crippen LogP contribution in [0, 0.1) is 17.3 Å². The summed E-state index contributed by atoms with van der Waals surface area (Å²) in [5.41, 5.74) is -2.95. The molecule has 0 aromatic heterocycles. The predicted octanol–water partition coefficient (Wildman–Crippen LogP) is 2.00. The van der Waals surface area contributed by atoms with E-state index in [0.29, 0.717) is 12.8 Å². The minimum atomic E-state index is -1.37. The van der Waals surface area contributed by atoms with Crippen molar-refractivity contribution < 1.29 is 48.0 Å². The molecular formula is C26H36O10. The Kier molecular flexibility index (Phi) is 6.53. The van der Waals surface area contributed by atoms with E-state index in [1.807, 2.05) is 20.8 Å². The molecular weight excluding hydrogens is 472 g/mol. The molecule has 3 fully saturated rings. The number of fused-ring (bicyclic) bond motifs is 1. The van der Waals surface area contributed by atoms with Crippen LogP contribution >= 0.6 is 0 Å². The highest BCUT2D eigenvalue weighted by Gasteiger charge is 2.87. The van der Waals surface area contributed by atoms with E-state index in [2.05, 4.69) is 0 Å². The van der Waals surface area contributed by atoms with E-state index in [0.717, 1.165) is 5.57 Å². The maximum absolute atomic E-state index is 12.9. The Morgan fingerprint density at radius 1 is 1.03 bits per heavy atom. The number of carbonyl (C=O) groups is 4. The summed E-state index contributed by atoms with van der Waals surface area (Å²) in [4.78, 5) is 49.9. The van der Waals surface area contributed by atoms with E-state index in [9.17, 15) is 24.3 Å². The highest BCUT2D eigenvalue weighted by molar-refractivity contribution is 5.89. The van der Waals surface area contributed by atoms with Crippen molar-refractivity contribution in [3.8, 4) is 0 Å². The zero-order valence-electron chi connectivity index (χ0n) is 21.9. The van der Waals surface area contributed by atoms with Crippen molar-refractivity contribution in [3.05, 3.63) is 11.6 Å². The smallest absolute Gasteiger partial charge is 0.342 e. The molecule has 0 unspecified atom stereocenters. The summed E-state index contributed by atoms with van der Waals surface area (Å²) in [7, 11) is 0. The number of esters is 4. The second-order valence-corrected chi connectivity index (χ2v) is 11.1. The van der Waals surface area contributed by atoms with E-state index >= 15 is 0 Å². The van der Waals surface area contributed by atoms with Gasteiger partial charge in [-0.2, -0.15) is 0 Å². The van der Waals surface area contributed by atoms with Crippen molar-refractivity contribution in [2.75, 3.05) is 0 Å². The second-order valence-electron chi connectivity index (χ2n) is 11.1. The van der Waals surface area contributed by atoms with Crippen LogP contribution in [0.2, 0.25) is 0 Å². The summed E-state index contributed by atoms with van der Waals surface area (Å²) >= 11 is 0. The molecule has 1 spiro atoms. The van der Waals surface area contributed by atoms with Crippen LogP contribution in [0.1, 0.15) is 67.7 Å². The number of aliphatic hydroxyl groups is 1. The van der Waals surface area contributed by atoms with Gasteiger partial charge in [-0.3, -0.25) is 14.4 Å². The van der Waals surface area contributed by atoms with E-state index in [1.54, 1.807) is 13.0 Å². The number of epoxide rings is 1. The van der Waals surface area contributed by atoms with Gasteiger partial charge in [0.05, 0.1) is 6.10 Å². The van der Waals surface area contributed by atoms with E-state index < -0.39 is 82.8 Å². The average Bonchev–Trinajstić information content (AvgIpc) is 3.34. The number of hydrogen-bond donors (Lipinski definition) is 1. The van der Waals surface area contributed by atoms with Gasteiger partial charge in [-0.1, -0.05) is 19.4 Å². The van der Waals surface area contributed by atoms with Gasteiger partial charge < -0.3 is 28.8 Å². The van der Waals surface area contributed by atoms with Gasteiger partial charge in [0, 0.05) is 38.5 Å². The molecule has 4 rings (SSSR count). The van der Waals surface area contributed by atoms with Crippen LogP contribution in [0.5, 0.6) is 0 Å². The molecule has 2 aliphatic heterocycles. The van der Waals surface area contributed by atoms with Crippen molar-refractivity contribution in [2.24, 2.45) is 17.3 Å². The second kappa shape index (κ2) is 8.83. The van der Waals surface area contributed by atoms with Crippen LogP contribution in [0.15, 0.2) is 11.6 Å². The summed E-state index contributed by atoms with van der Waals surface area (Å²) in [6.07, 6.45) is -1.66. The van der Waals surface area contributed by atoms with Crippen molar-refractivity contribution in [3.63, 3.8) is 0 Å². The summed E-state index contributed by atoms with van der Waals surface area (Å²) in [5, 5.41) is 11.1. The first-order chi connectivity index (χ1) is 16.7. The molecule has 0 aromatic rings. The van der Waals surface area contributed by atoms with Crippen LogP contribution in [-0.4, -0.2) is 70.7 Å². The van der Waals surface area contributed by atoms with E-state index in [-0.39, 0.29) is 6.42 Å². The van der Waals surface area contributed by atoms with E-state index in [1.165, 1.54) is 20.8 Å². The van der Waals surface area contributed by atoms with Gasteiger partial charge in [0.1, 0.15) is 18.3 Å². The lowest BCUT2D eigenvalue weighted by molar-refractivity contribution is -0.231. The topological polar surface area (TPSA) is 138 Å². The highest BCUT2D eigenvalue weighted by atomic mass is 16.7. The number of hydrogen-bond acceptors (Lipinski definition) is 10. The summed E-state index contributed by atoms with van der Waals surface area (Å²) in [6, 6.07) is 0. The third kappa shape index (κ3) is 3.84. The normalized spacial score (nSPS) is 47.1. The first-order valence-corrected chi connectivity index (χ1v) is 12.5. The van der Waals surface area contributed by atoms with Crippen molar-refractivity contribution in [1.29, 1.82) is 0 Å². The number of aliphatic hydroxyl groups excluding tert-OH is 1. The maximum Gasteiger partial charge on any atom is 0.342 e. The minimum Gasteiger partial charge on any atom is -0.462 e. The Morgan fingerprint density at radius 3 is 2.17 bits per heavy atom. The Hall–Kier alpha value is -2.46. The maximum atomic E-state index is 12.9. The monoisotopic (exact) mass is 508 g/mol. The molecule has 0 bridgehead atoms. The molecule has 10 atom stereocenters. The molecule has 2 aliphatic carbocycles. The molecule has 4 aliphatic rings. The molecule has 2 heterocycles. The minimum absolute atomic E-state index is 0.108. The largest absolute Gasteiger partial charge is 0.462 e. The molecule has 1 saturated carbocycles. The SMILES string of the molecule is CC(=O)O[C@H]1C[C@@H](O)[C@H](C)[C@@H]2[C@@H](OC(C)=O)[C@]34O[C@@]3(C)C(=O)O[C@H]4/C=C(/C)CC[C@@H](OC(C)=O)[C@]21C. The Morgan fingerprint density at radius 2 is 1.61 bits per heavy atom.